The Bertz CT molecular complexity index is 1140. The zero-order valence-electron chi connectivity index (χ0n) is 18.3. The highest BCUT2D eigenvalue weighted by atomic mass is 19.4. The Morgan fingerprint density at radius 2 is 1.53 bits per heavy atom. The maximum absolute atomic E-state index is 13.2. The van der Waals surface area contributed by atoms with Crippen LogP contribution in [-0.2, 0) is 11.6 Å². The third-order valence-corrected chi connectivity index (χ3v) is 5.87. The number of halogens is 3. The van der Waals surface area contributed by atoms with E-state index in [1.807, 2.05) is 4.90 Å². The highest BCUT2D eigenvalue weighted by molar-refractivity contribution is 5.49. The van der Waals surface area contributed by atoms with Gasteiger partial charge in [0.15, 0.2) is 5.65 Å². The second-order valence-electron chi connectivity index (χ2n) is 9.45. The normalized spacial score (nSPS) is 17.9. The SMILES string of the molecule is CC(C)(C)c1cc(N2CCN(c3ccc4nnc(C(F)(F)F)n4n3)CC2)nc(C2CC2)n1. The molecule has 0 amide bonds. The lowest BCUT2D eigenvalue weighted by molar-refractivity contribution is -0.146. The van der Waals surface area contributed by atoms with Crippen LogP contribution >= 0.6 is 0 Å². The van der Waals surface area contributed by atoms with E-state index in [0.717, 1.165) is 34.7 Å². The molecule has 170 valence electrons. The maximum Gasteiger partial charge on any atom is 0.453 e. The summed E-state index contributed by atoms with van der Waals surface area (Å²) in [6, 6.07) is 5.27. The molecule has 1 aliphatic carbocycles. The summed E-state index contributed by atoms with van der Waals surface area (Å²) in [6.07, 6.45) is -2.34. The lowest BCUT2D eigenvalue weighted by Gasteiger charge is -2.36. The van der Waals surface area contributed by atoms with E-state index in [4.69, 9.17) is 9.97 Å². The highest BCUT2D eigenvalue weighted by Crippen LogP contribution is 2.39. The summed E-state index contributed by atoms with van der Waals surface area (Å²) in [5.74, 6) is 1.66. The number of anilines is 2. The average Bonchev–Trinajstić information content (AvgIpc) is 3.50. The van der Waals surface area contributed by atoms with Crippen LogP contribution in [0.4, 0.5) is 24.8 Å². The van der Waals surface area contributed by atoms with Crippen LogP contribution in [0.15, 0.2) is 18.2 Å². The number of nitrogens with zero attached hydrogens (tertiary/aromatic N) is 8. The average molecular weight is 446 g/mol. The monoisotopic (exact) mass is 446 g/mol. The summed E-state index contributed by atoms with van der Waals surface area (Å²) in [4.78, 5) is 13.8. The van der Waals surface area contributed by atoms with Crippen LogP contribution in [-0.4, -0.2) is 56.0 Å². The van der Waals surface area contributed by atoms with E-state index in [9.17, 15) is 13.2 Å². The number of rotatable bonds is 3. The highest BCUT2D eigenvalue weighted by Gasteiger charge is 2.38. The lowest BCUT2D eigenvalue weighted by Crippen LogP contribution is -2.47. The number of hydrogen-bond donors (Lipinski definition) is 0. The fourth-order valence-electron chi connectivity index (χ4n) is 3.81. The van der Waals surface area contributed by atoms with Gasteiger partial charge in [-0.15, -0.1) is 15.3 Å². The molecule has 32 heavy (non-hydrogen) atoms. The van der Waals surface area contributed by atoms with E-state index in [1.54, 1.807) is 6.07 Å². The van der Waals surface area contributed by atoms with Crippen molar-refractivity contribution < 1.29 is 13.2 Å². The Labute approximate surface area is 183 Å². The molecule has 1 saturated heterocycles. The Kier molecular flexibility index (Phi) is 4.75. The molecule has 8 nitrogen and oxygen atoms in total. The summed E-state index contributed by atoms with van der Waals surface area (Å²) in [5, 5.41) is 11.0. The minimum atomic E-state index is -4.61. The van der Waals surface area contributed by atoms with Crippen LogP contribution in [0.2, 0.25) is 0 Å². The van der Waals surface area contributed by atoms with Crippen LogP contribution in [0, 0.1) is 0 Å². The van der Waals surface area contributed by atoms with Gasteiger partial charge in [-0.3, -0.25) is 0 Å². The molecule has 0 bridgehead atoms. The molecular formula is C21H25F3N8. The number of fused-ring (bicyclic) bond motifs is 1. The van der Waals surface area contributed by atoms with Gasteiger partial charge in [-0.2, -0.15) is 17.7 Å². The van der Waals surface area contributed by atoms with E-state index in [1.165, 1.54) is 6.07 Å². The second-order valence-corrected chi connectivity index (χ2v) is 9.45. The second kappa shape index (κ2) is 7.28. The Hall–Kier alpha value is -2.98. The fourth-order valence-corrected chi connectivity index (χ4v) is 3.81. The molecule has 1 saturated carbocycles. The molecule has 0 unspecified atom stereocenters. The third-order valence-electron chi connectivity index (χ3n) is 5.87. The minimum Gasteiger partial charge on any atom is -0.353 e. The number of alkyl halides is 3. The molecule has 3 aromatic rings. The van der Waals surface area contributed by atoms with E-state index in [0.29, 0.717) is 37.9 Å². The molecule has 3 aromatic heterocycles. The van der Waals surface area contributed by atoms with Gasteiger partial charge < -0.3 is 9.80 Å². The van der Waals surface area contributed by atoms with Gasteiger partial charge in [0.2, 0.25) is 0 Å². The summed E-state index contributed by atoms with van der Waals surface area (Å²) >= 11 is 0. The van der Waals surface area contributed by atoms with Gasteiger partial charge in [-0.05, 0) is 25.0 Å². The van der Waals surface area contributed by atoms with Crippen molar-refractivity contribution in [2.24, 2.45) is 0 Å². The van der Waals surface area contributed by atoms with Crippen LogP contribution < -0.4 is 9.80 Å². The first kappa shape index (κ1) is 20.9. The first-order valence-corrected chi connectivity index (χ1v) is 10.8. The molecule has 1 aliphatic heterocycles. The largest absolute Gasteiger partial charge is 0.453 e. The predicted octanol–water partition coefficient (Wildman–Crippen LogP) is 3.43. The van der Waals surface area contributed by atoms with Gasteiger partial charge in [0, 0.05) is 43.6 Å². The van der Waals surface area contributed by atoms with Crippen LogP contribution in [0.1, 0.15) is 56.9 Å². The molecule has 5 rings (SSSR count). The van der Waals surface area contributed by atoms with Crippen molar-refractivity contribution in [2.75, 3.05) is 36.0 Å². The van der Waals surface area contributed by atoms with Crippen LogP contribution in [0.3, 0.4) is 0 Å². The zero-order valence-corrected chi connectivity index (χ0v) is 18.3. The first-order chi connectivity index (χ1) is 15.1. The molecule has 11 heteroatoms. The van der Waals surface area contributed by atoms with Crippen molar-refractivity contribution in [3.05, 3.63) is 35.5 Å². The molecule has 0 radical (unpaired) electrons. The number of piperazine rings is 1. The van der Waals surface area contributed by atoms with E-state index in [2.05, 4.69) is 47.0 Å². The van der Waals surface area contributed by atoms with Gasteiger partial charge in [-0.25, -0.2) is 9.97 Å². The van der Waals surface area contributed by atoms with Crippen molar-refractivity contribution in [1.82, 2.24) is 29.8 Å². The maximum atomic E-state index is 13.2. The zero-order chi connectivity index (χ0) is 22.7. The van der Waals surface area contributed by atoms with Gasteiger partial charge in [-0.1, -0.05) is 20.8 Å². The standard InChI is InChI=1S/C21H25F3N8/c1-20(2,3)14-12-17(26-18(25-14)13-4-5-13)31-10-8-30(9-11-31)16-7-6-15-27-28-19(21(22,23)24)32(15)29-16/h6-7,12-13H,4-5,8-11H2,1-3H3. The van der Waals surface area contributed by atoms with Crippen LogP contribution in [0.25, 0.3) is 5.65 Å². The molecule has 2 aliphatic rings. The van der Waals surface area contributed by atoms with E-state index in [-0.39, 0.29) is 11.1 Å². The minimum absolute atomic E-state index is 0.0719. The van der Waals surface area contributed by atoms with Gasteiger partial charge in [0.25, 0.3) is 5.82 Å². The topological polar surface area (TPSA) is 75.3 Å². The summed E-state index contributed by atoms with van der Waals surface area (Å²) in [5.41, 5.74) is 1.03. The number of aromatic nitrogens is 6. The van der Waals surface area contributed by atoms with Crippen molar-refractivity contribution in [1.29, 1.82) is 0 Å². The van der Waals surface area contributed by atoms with E-state index >= 15 is 0 Å². The molecule has 0 spiro atoms. The van der Waals surface area contributed by atoms with Gasteiger partial charge in [0.05, 0.1) is 5.69 Å². The lowest BCUT2D eigenvalue weighted by atomic mass is 9.91. The molecule has 4 heterocycles. The van der Waals surface area contributed by atoms with Gasteiger partial charge in [0.1, 0.15) is 17.5 Å². The number of hydrogen-bond acceptors (Lipinski definition) is 7. The van der Waals surface area contributed by atoms with Crippen molar-refractivity contribution in [2.45, 2.75) is 51.1 Å². The van der Waals surface area contributed by atoms with Crippen molar-refractivity contribution >= 4 is 17.3 Å². The summed E-state index contributed by atoms with van der Waals surface area (Å²) < 4.78 is 40.3. The first-order valence-electron chi connectivity index (χ1n) is 10.8. The summed E-state index contributed by atoms with van der Waals surface area (Å²) in [7, 11) is 0. The quantitative estimate of drug-likeness (QED) is 0.610. The van der Waals surface area contributed by atoms with Crippen LogP contribution in [0.5, 0.6) is 0 Å². The third kappa shape index (κ3) is 3.95. The van der Waals surface area contributed by atoms with Gasteiger partial charge >= 0.3 is 6.18 Å². The fraction of sp³-hybridized carbons (Fsp3) is 0.571. The Morgan fingerprint density at radius 1 is 0.875 bits per heavy atom. The summed E-state index contributed by atoms with van der Waals surface area (Å²) in [6.45, 7) is 9.07. The smallest absolute Gasteiger partial charge is 0.353 e. The van der Waals surface area contributed by atoms with Crippen molar-refractivity contribution in [3.63, 3.8) is 0 Å². The molecule has 0 N–H and O–H groups in total. The predicted molar refractivity (Wildman–Crippen MR) is 113 cm³/mol. The molecule has 0 atom stereocenters. The Balaban J connectivity index is 1.36. The molecule has 2 fully saturated rings. The van der Waals surface area contributed by atoms with E-state index < -0.39 is 12.0 Å². The molecule has 0 aromatic carbocycles. The Morgan fingerprint density at radius 3 is 2.12 bits per heavy atom. The molecular weight excluding hydrogens is 421 g/mol. The van der Waals surface area contributed by atoms with Crippen molar-refractivity contribution in [3.8, 4) is 0 Å².